The van der Waals surface area contributed by atoms with Gasteiger partial charge >= 0.3 is 0 Å². The van der Waals surface area contributed by atoms with Gasteiger partial charge in [0.05, 0.1) is 0 Å². The molecule has 72 valence electrons. The van der Waals surface area contributed by atoms with E-state index in [1.54, 1.807) is 0 Å². The Kier molecular flexibility index (Phi) is 4.67. The first-order valence-electron chi connectivity index (χ1n) is 5.64. The fourth-order valence-electron chi connectivity index (χ4n) is 1.83. The second kappa shape index (κ2) is 5.58. The summed E-state index contributed by atoms with van der Waals surface area (Å²) < 4.78 is 0. The highest BCUT2D eigenvalue weighted by Crippen LogP contribution is 2.22. The van der Waals surface area contributed by atoms with Gasteiger partial charge in [-0.1, -0.05) is 46.0 Å². The average Bonchev–Trinajstić information content (AvgIpc) is 2.81. The molecule has 0 bridgehead atoms. The first-order chi connectivity index (χ1) is 5.88. The quantitative estimate of drug-likeness (QED) is 0.459. The van der Waals surface area contributed by atoms with Crippen LogP contribution in [-0.4, -0.2) is 12.1 Å². The predicted molar refractivity (Wildman–Crippen MR) is 54.4 cm³/mol. The molecule has 1 nitrogen and oxygen atoms in total. The summed E-state index contributed by atoms with van der Waals surface area (Å²) in [7, 11) is 0. The van der Waals surface area contributed by atoms with E-state index in [1.165, 1.54) is 44.9 Å². The van der Waals surface area contributed by atoms with Crippen LogP contribution in [0.25, 0.3) is 0 Å². The molecule has 1 unspecified atom stereocenters. The molecule has 1 fully saturated rings. The maximum atomic E-state index is 3.56. The number of hydrogen-bond acceptors (Lipinski definition) is 1. The molecule has 0 radical (unpaired) electrons. The maximum absolute atomic E-state index is 3.56. The van der Waals surface area contributed by atoms with E-state index in [-0.39, 0.29) is 0 Å². The molecule has 0 aliphatic carbocycles. The van der Waals surface area contributed by atoms with Gasteiger partial charge < -0.3 is 5.32 Å². The Bertz CT molecular complexity index is 112. The minimum absolute atomic E-state index is 0.891. The number of unbranched alkanes of at least 4 members (excludes halogenated alkanes) is 3. The van der Waals surface area contributed by atoms with Crippen molar-refractivity contribution in [2.24, 2.45) is 0 Å². The van der Waals surface area contributed by atoms with Gasteiger partial charge in [-0.3, -0.25) is 0 Å². The van der Waals surface area contributed by atoms with E-state index < -0.39 is 0 Å². The number of nitrogens with one attached hydrogen (secondary N) is 1. The molecule has 1 saturated heterocycles. The van der Waals surface area contributed by atoms with E-state index in [0.717, 1.165) is 12.1 Å². The molecule has 0 amide bonds. The topological polar surface area (TPSA) is 21.9 Å². The van der Waals surface area contributed by atoms with Crippen LogP contribution >= 0.6 is 0 Å². The molecule has 0 aromatic rings. The fourth-order valence-corrected chi connectivity index (χ4v) is 1.83. The van der Waals surface area contributed by atoms with E-state index >= 15 is 0 Å². The third-order valence-electron chi connectivity index (χ3n) is 2.79. The van der Waals surface area contributed by atoms with Crippen molar-refractivity contribution in [1.29, 1.82) is 0 Å². The summed E-state index contributed by atoms with van der Waals surface area (Å²) in [5.74, 6) is 0. The van der Waals surface area contributed by atoms with Crippen LogP contribution in [-0.2, 0) is 0 Å². The first-order valence-corrected chi connectivity index (χ1v) is 5.64. The van der Waals surface area contributed by atoms with Crippen molar-refractivity contribution in [3.8, 4) is 0 Å². The smallest absolute Gasteiger partial charge is 0.0224 e. The third-order valence-corrected chi connectivity index (χ3v) is 2.79. The van der Waals surface area contributed by atoms with Gasteiger partial charge in [0.1, 0.15) is 0 Å². The monoisotopic (exact) mass is 169 g/mol. The summed E-state index contributed by atoms with van der Waals surface area (Å²) in [6, 6.07) is 1.78. The van der Waals surface area contributed by atoms with Crippen molar-refractivity contribution in [2.45, 2.75) is 70.9 Å². The number of hydrogen-bond donors (Lipinski definition) is 1. The van der Waals surface area contributed by atoms with Crippen LogP contribution in [0.4, 0.5) is 0 Å². The molecule has 1 heteroatoms. The van der Waals surface area contributed by atoms with Crippen LogP contribution in [0.15, 0.2) is 0 Å². The summed E-state index contributed by atoms with van der Waals surface area (Å²) in [4.78, 5) is 0. The molecule has 1 aliphatic heterocycles. The minimum atomic E-state index is 0.891. The minimum Gasteiger partial charge on any atom is -0.308 e. The SMILES string of the molecule is CCCCCC1N[C@@H]1CCCC. The Morgan fingerprint density at radius 3 is 2.00 bits per heavy atom. The zero-order valence-electron chi connectivity index (χ0n) is 8.60. The molecule has 1 N–H and O–H groups in total. The lowest BCUT2D eigenvalue weighted by Crippen LogP contribution is -1.93. The molecule has 0 spiro atoms. The molecular weight excluding hydrogens is 146 g/mol. The number of rotatable bonds is 7. The lowest BCUT2D eigenvalue weighted by molar-refractivity contribution is 0.631. The van der Waals surface area contributed by atoms with Gasteiger partial charge in [0.15, 0.2) is 0 Å². The predicted octanol–water partition coefficient (Wildman–Crippen LogP) is 3.10. The van der Waals surface area contributed by atoms with Crippen LogP contribution < -0.4 is 5.32 Å². The summed E-state index contributed by atoms with van der Waals surface area (Å²) in [6.07, 6.45) is 9.78. The summed E-state index contributed by atoms with van der Waals surface area (Å²) in [6.45, 7) is 4.55. The zero-order chi connectivity index (χ0) is 8.81. The van der Waals surface area contributed by atoms with Crippen molar-refractivity contribution >= 4 is 0 Å². The normalized spacial score (nSPS) is 27.5. The standard InChI is InChI=1S/C11H23N/c1-3-5-7-9-11-10(12-11)8-6-4-2/h10-12H,3-9H2,1-2H3/t10-,11?/m1/s1. The van der Waals surface area contributed by atoms with Gasteiger partial charge in [0, 0.05) is 12.1 Å². The molecule has 0 saturated carbocycles. The molecule has 12 heavy (non-hydrogen) atoms. The Hall–Kier alpha value is -0.0400. The van der Waals surface area contributed by atoms with Crippen LogP contribution in [0.2, 0.25) is 0 Å². The Labute approximate surface area is 76.9 Å². The Morgan fingerprint density at radius 2 is 1.42 bits per heavy atom. The largest absolute Gasteiger partial charge is 0.308 e. The maximum Gasteiger partial charge on any atom is 0.0224 e. The van der Waals surface area contributed by atoms with Crippen molar-refractivity contribution < 1.29 is 0 Å². The van der Waals surface area contributed by atoms with Gasteiger partial charge in [0.2, 0.25) is 0 Å². The van der Waals surface area contributed by atoms with E-state index in [1.807, 2.05) is 0 Å². The third kappa shape index (κ3) is 3.57. The molecule has 0 aromatic heterocycles. The highest BCUT2D eigenvalue weighted by atomic mass is 15.1. The molecule has 1 rings (SSSR count). The lowest BCUT2D eigenvalue weighted by atomic mass is 10.1. The van der Waals surface area contributed by atoms with E-state index in [2.05, 4.69) is 19.2 Å². The van der Waals surface area contributed by atoms with Crippen molar-refractivity contribution in [3.63, 3.8) is 0 Å². The van der Waals surface area contributed by atoms with E-state index in [9.17, 15) is 0 Å². The van der Waals surface area contributed by atoms with Gasteiger partial charge in [-0.2, -0.15) is 0 Å². The van der Waals surface area contributed by atoms with Crippen LogP contribution in [0.1, 0.15) is 58.8 Å². The average molecular weight is 169 g/mol. The second-order valence-corrected chi connectivity index (χ2v) is 4.02. The van der Waals surface area contributed by atoms with E-state index in [4.69, 9.17) is 0 Å². The van der Waals surface area contributed by atoms with Crippen LogP contribution in [0, 0.1) is 0 Å². The summed E-state index contributed by atoms with van der Waals surface area (Å²) >= 11 is 0. The van der Waals surface area contributed by atoms with Crippen molar-refractivity contribution in [3.05, 3.63) is 0 Å². The highest BCUT2D eigenvalue weighted by Gasteiger charge is 2.33. The van der Waals surface area contributed by atoms with Crippen LogP contribution in [0.3, 0.4) is 0 Å². The van der Waals surface area contributed by atoms with Gasteiger partial charge in [-0.25, -0.2) is 0 Å². The fraction of sp³-hybridized carbons (Fsp3) is 1.00. The Balaban J connectivity index is 1.86. The molecule has 0 aromatic carbocycles. The van der Waals surface area contributed by atoms with Crippen molar-refractivity contribution in [1.82, 2.24) is 5.32 Å². The molecule has 2 atom stereocenters. The van der Waals surface area contributed by atoms with Crippen LogP contribution in [0.5, 0.6) is 0 Å². The first kappa shape index (κ1) is 10.0. The summed E-state index contributed by atoms with van der Waals surface area (Å²) in [5.41, 5.74) is 0. The second-order valence-electron chi connectivity index (χ2n) is 4.02. The lowest BCUT2D eigenvalue weighted by Gasteiger charge is -1.96. The molecule has 1 aliphatic rings. The molecular formula is C11H23N. The summed E-state index contributed by atoms with van der Waals surface area (Å²) in [5, 5.41) is 3.56. The zero-order valence-corrected chi connectivity index (χ0v) is 8.60. The van der Waals surface area contributed by atoms with E-state index in [0.29, 0.717) is 0 Å². The Morgan fingerprint density at radius 1 is 0.833 bits per heavy atom. The van der Waals surface area contributed by atoms with Gasteiger partial charge in [-0.15, -0.1) is 0 Å². The van der Waals surface area contributed by atoms with Gasteiger partial charge in [-0.05, 0) is 12.8 Å². The molecule has 1 heterocycles. The highest BCUT2D eigenvalue weighted by molar-refractivity contribution is 4.96. The van der Waals surface area contributed by atoms with Crippen molar-refractivity contribution in [2.75, 3.05) is 0 Å². The van der Waals surface area contributed by atoms with Gasteiger partial charge in [0.25, 0.3) is 0 Å².